The quantitative estimate of drug-likeness (QED) is 0.437. The Balaban J connectivity index is 2.36. The highest BCUT2D eigenvalue weighted by Gasteiger charge is 2.39. The Bertz CT molecular complexity index is 955. The third-order valence-electron chi connectivity index (χ3n) is 4.91. The third kappa shape index (κ3) is 4.70. The van der Waals surface area contributed by atoms with Crippen molar-refractivity contribution < 1.29 is 19.4 Å². The first-order valence-electron chi connectivity index (χ1n) is 10.00. The number of aromatic carboxylic acids is 1. The molecule has 0 radical (unpaired) electrons. The second-order valence-corrected chi connectivity index (χ2v) is 11.3. The molecule has 4 nitrogen and oxygen atoms in total. The van der Waals surface area contributed by atoms with Crippen LogP contribution in [0.1, 0.15) is 53.4 Å². The number of rotatable bonds is 7. The fraction of sp³-hybridized carbons (Fsp3) is 0.240. The van der Waals surface area contributed by atoms with Crippen LogP contribution in [-0.2, 0) is 16.6 Å². The van der Waals surface area contributed by atoms with Crippen molar-refractivity contribution in [2.24, 2.45) is 0 Å². The van der Waals surface area contributed by atoms with E-state index in [0.717, 1.165) is 11.1 Å². The molecule has 0 unspecified atom stereocenters. The van der Waals surface area contributed by atoms with E-state index in [2.05, 4.69) is 20.8 Å². The summed E-state index contributed by atoms with van der Waals surface area (Å²) in [5.74, 6) is -1.03. The van der Waals surface area contributed by atoms with Gasteiger partial charge in [0.25, 0.3) is 0 Å². The molecule has 3 aromatic carbocycles. The number of benzene rings is 3. The molecule has 0 fully saturated rings. The molecule has 30 heavy (non-hydrogen) atoms. The van der Waals surface area contributed by atoms with Crippen molar-refractivity contribution >= 4 is 15.7 Å². The summed E-state index contributed by atoms with van der Waals surface area (Å²) in [7, 11) is -1.05. The van der Waals surface area contributed by atoms with Gasteiger partial charge in [0.05, 0.1) is 12.2 Å². The van der Waals surface area contributed by atoms with Crippen molar-refractivity contribution in [3.63, 3.8) is 0 Å². The molecule has 0 spiro atoms. The van der Waals surface area contributed by atoms with E-state index in [4.69, 9.17) is 4.43 Å². The summed E-state index contributed by atoms with van der Waals surface area (Å²) in [6, 6.07) is 24.8. The number of carboxylic acids is 1. The summed E-state index contributed by atoms with van der Waals surface area (Å²) in [5.41, 5.74) is 2.28. The smallest absolute Gasteiger partial charge is 0.335 e. The Morgan fingerprint density at radius 2 is 1.40 bits per heavy atom. The van der Waals surface area contributed by atoms with Crippen molar-refractivity contribution in [1.82, 2.24) is 0 Å². The molecule has 0 saturated heterocycles. The molecule has 0 bridgehead atoms. The van der Waals surface area contributed by atoms with Gasteiger partial charge in [-0.3, -0.25) is 0 Å². The van der Waals surface area contributed by atoms with Gasteiger partial charge in [-0.25, -0.2) is 4.79 Å². The Labute approximate surface area is 180 Å². The number of hydrogen-bond acceptors (Lipinski definition) is 3. The zero-order chi connectivity index (χ0) is 21.8. The van der Waals surface area contributed by atoms with E-state index in [-0.39, 0.29) is 17.2 Å². The van der Waals surface area contributed by atoms with E-state index in [9.17, 15) is 15.0 Å². The number of hydrogen-bond donors (Lipinski definition) is 2. The fourth-order valence-electron chi connectivity index (χ4n) is 3.53. The summed E-state index contributed by atoms with van der Waals surface area (Å²) in [6.07, 6.45) is 0. The highest BCUT2D eigenvalue weighted by Crippen LogP contribution is 2.42. The molecule has 5 heteroatoms. The first kappa shape index (κ1) is 22.0. The number of aliphatic hydroxyl groups excluding tert-OH is 1. The Hall–Kier alpha value is -2.73. The van der Waals surface area contributed by atoms with Crippen molar-refractivity contribution in [3.8, 4) is 0 Å². The third-order valence-corrected chi connectivity index (χ3v) is 6.35. The molecule has 0 aliphatic rings. The summed E-state index contributed by atoms with van der Waals surface area (Å²) < 4.78 is 6.85. The van der Waals surface area contributed by atoms with Gasteiger partial charge in [-0.05, 0) is 45.5 Å². The molecule has 0 aromatic heterocycles. The van der Waals surface area contributed by atoms with Crippen LogP contribution < -0.4 is 0 Å². The zero-order valence-electron chi connectivity index (χ0n) is 17.6. The van der Waals surface area contributed by atoms with Gasteiger partial charge in [-0.1, -0.05) is 81.4 Å². The predicted molar refractivity (Wildman–Crippen MR) is 121 cm³/mol. The lowest BCUT2D eigenvalue weighted by Crippen LogP contribution is -2.36. The minimum Gasteiger partial charge on any atom is -0.478 e. The molecule has 0 heterocycles. The van der Waals surface area contributed by atoms with Crippen LogP contribution in [0.3, 0.4) is 0 Å². The summed E-state index contributed by atoms with van der Waals surface area (Å²) in [6.45, 7) is 6.23. The maximum atomic E-state index is 11.8. The molecule has 3 rings (SSSR count). The molecule has 0 aliphatic heterocycles. The van der Waals surface area contributed by atoms with Crippen LogP contribution in [0.2, 0.25) is 5.04 Å². The first-order valence-corrected chi connectivity index (χ1v) is 11.3. The van der Waals surface area contributed by atoms with Gasteiger partial charge in [0.2, 0.25) is 0 Å². The number of carbonyl (C=O) groups is 1. The minimum absolute atomic E-state index is 0.0268. The monoisotopic (exact) mass is 420 g/mol. The summed E-state index contributed by atoms with van der Waals surface area (Å²) in [5, 5.41) is 19.5. The van der Waals surface area contributed by atoms with Gasteiger partial charge in [0, 0.05) is 0 Å². The minimum atomic E-state index is -1.05. The average Bonchev–Trinajstić information content (AvgIpc) is 2.74. The lowest BCUT2D eigenvalue weighted by Gasteiger charge is -2.38. The van der Waals surface area contributed by atoms with E-state index in [1.165, 1.54) is 6.07 Å². The van der Waals surface area contributed by atoms with Crippen LogP contribution in [-0.4, -0.2) is 25.9 Å². The van der Waals surface area contributed by atoms with Crippen molar-refractivity contribution in [2.75, 3.05) is 0 Å². The van der Waals surface area contributed by atoms with Gasteiger partial charge in [-0.15, -0.1) is 0 Å². The molecule has 156 valence electrons. The van der Waals surface area contributed by atoms with Crippen LogP contribution in [0, 0.1) is 0 Å². The molecule has 2 N–H and O–H groups in total. The maximum Gasteiger partial charge on any atom is 0.335 e. The first-order chi connectivity index (χ1) is 14.3. The van der Waals surface area contributed by atoms with Crippen molar-refractivity contribution in [3.05, 3.63) is 107 Å². The van der Waals surface area contributed by atoms with E-state index in [0.29, 0.717) is 11.1 Å². The van der Waals surface area contributed by atoms with Crippen LogP contribution in [0.15, 0.2) is 78.9 Å². The van der Waals surface area contributed by atoms with E-state index >= 15 is 0 Å². The van der Waals surface area contributed by atoms with Crippen molar-refractivity contribution in [2.45, 2.75) is 38.0 Å². The predicted octanol–water partition coefficient (Wildman–Crippen LogP) is 4.49. The van der Waals surface area contributed by atoms with Gasteiger partial charge < -0.3 is 14.6 Å². The topological polar surface area (TPSA) is 66.8 Å². The standard InChI is InChI=1S/C25H28O4Si/c1-24(2,3)30-29-25(20-10-6-4-7-11-20,21-12-8-5-9-13-21)22-15-18(17-26)14-19(16-22)23(27)28/h4-16,26H,17,30H2,1-3H3,(H,27,28). The van der Waals surface area contributed by atoms with Crippen molar-refractivity contribution in [1.29, 1.82) is 0 Å². The molecule has 0 amide bonds. The lowest BCUT2D eigenvalue weighted by molar-refractivity contribution is 0.0696. The SMILES string of the molecule is CC(C)(C)[SiH2]OC(c1ccccc1)(c1ccccc1)c1cc(CO)cc(C(=O)O)c1. The highest BCUT2D eigenvalue weighted by molar-refractivity contribution is 6.32. The van der Waals surface area contributed by atoms with Crippen LogP contribution in [0.5, 0.6) is 0 Å². The van der Waals surface area contributed by atoms with E-state index < -0.39 is 21.3 Å². The summed E-state index contributed by atoms with van der Waals surface area (Å²) in [4.78, 5) is 11.8. The van der Waals surface area contributed by atoms with Crippen LogP contribution in [0.25, 0.3) is 0 Å². The lowest BCUT2D eigenvalue weighted by atomic mass is 9.79. The van der Waals surface area contributed by atoms with Gasteiger partial charge in [0.1, 0.15) is 5.60 Å². The second kappa shape index (κ2) is 8.96. The van der Waals surface area contributed by atoms with Gasteiger partial charge in [-0.2, -0.15) is 0 Å². The molecule has 0 atom stereocenters. The highest BCUT2D eigenvalue weighted by atomic mass is 28.2. The molecular weight excluding hydrogens is 392 g/mol. The molecular formula is C25H28O4Si. The normalized spacial score (nSPS) is 12.4. The zero-order valence-corrected chi connectivity index (χ0v) is 19.0. The summed E-state index contributed by atoms with van der Waals surface area (Å²) >= 11 is 0. The largest absolute Gasteiger partial charge is 0.478 e. The second-order valence-electron chi connectivity index (χ2n) is 8.64. The fourth-order valence-corrected chi connectivity index (χ4v) is 4.68. The maximum absolute atomic E-state index is 11.8. The number of carboxylic acid groups (broad SMARTS) is 1. The Morgan fingerprint density at radius 1 is 0.867 bits per heavy atom. The van der Waals surface area contributed by atoms with E-state index in [1.807, 2.05) is 66.7 Å². The Morgan fingerprint density at radius 3 is 1.83 bits per heavy atom. The van der Waals surface area contributed by atoms with Crippen LogP contribution in [0.4, 0.5) is 0 Å². The van der Waals surface area contributed by atoms with Gasteiger partial charge >= 0.3 is 5.97 Å². The molecule has 0 saturated carbocycles. The van der Waals surface area contributed by atoms with E-state index in [1.54, 1.807) is 6.07 Å². The molecule has 0 aliphatic carbocycles. The Kier molecular flexibility index (Phi) is 6.56. The number of aliphatic hydroxyl groups is 1. The van der Waals surface area contributed by atoms with Gasteiger partial charge in [0.15, 0.2) is 9.76 Å². The molecule has 3 aromatic rings. The average molecular weight is 421 g/mol. The van der Waals surface area contributed by atoms with Crippen LogP contribution >= 0.6 is 0 Å².